The van der Waals surface area contributed by atoms with E-state index in [0.29, 0.717) is 25.7 Å². The summed E-state index contributed by atoms with van der Waals surface area (Å²) in [5.74, 6) is -2.32. The molecule has 0 bridgehead atoms. The summed E-state index contributed by atoms with van der Waals surface area (Å²) < 4.78 is 52.1. The van der Waals surface area contributed by atoms with Crippen LogP contribution in [0.1, 0.15) is 59.3 Å². The highest BCUT2D eigenvalue weighted by Gasteiger charge is 2.28. The number of esters is 1. The number of carboxylic acid groups (broad SMARTS) is 1. The van der Waals surface area contributed by atoms with E-state index >= 15 is 0 Å². The van der Waals surface area contributed by atoms with E-state index in [2.05, 4.69) is 0 Å². The van der Waals surface area contributed by atoms with Gasteiger partial charge in [-0.05, 0) is 33.6 Å². The molecule has 154 valence electrons. The molecular weight excluding hydrogens is 384 g/mol. The number of carbonyl (C=O) groups is 2. The minimum atomic E-state index is -3.62. The van der Waals surface area contributed by atoms with E-state index in [1.54, 1.807) is 6.92 Å². The van der Waals surface area contributed by atoms with Crippen molar-refractivity contribution in [1.82, 2.24) is 0 Å². The number of hydrogen-bond acceptors (Lipinski definition) is 7. The first-order valence-corrected chi connectivity index (χ1v) is 12.2. The van der Waals surface area contributed by atoms with Crippen molar-refractivity contribution in [1.29, 1.82) is 0 Å². The van der Waals surface area contributed by atoms with Crippen LogP contribution in [0.2, 0.25) is 0 Å². The summed E-state index contributed by atoms with van der Waals surface area (Å²) >= 11 is 0. The largest absolute Gasteiger partial charge is 0.480 e. The molecule has 10 heteroatoms. The molecule has 0 aromatic heterocycles. The van der Waals surface area contributed by atoms with Crippen LogP contribution in [0, 0.1) is 0 Å². The van der Waals surface area contributed by atoms with E-state index in [1.165, 1.54) is 6.92 Å². The molecule has 2 atom stereocenters. The molecule has 0 heterocycles. The van der Waals surface area contributed by atoms with Gasteiger partial charge in [-0.15, -0.1) is 0 Å². The van der Waals surface area contributed by atoms with Gasteiger partial charge in [0, 0.05) is 0 Å². The van der Waals surface area contributed by atoms with Crippen LogP contribution in [0.15, 0.2) is 0 Å². The monoisotopic (exact) mass is 414 g/mol. The summed E-state index contributed by atoms with van der Waals surface area (Å²) in [5, 5.41) is 6.17. The van der Waals surface area contributed by atoms with Crippen molar-refractivity contribution in [3.8, 4) is 0 Å². The van der Waals surface area contributed by atoms with E-state index in [0.717, 1.165) is 19.8 Å². The van der Waals surface area contributed by atoms with Crippen molar-refractivity contribution in [3.63, 3.8) is 0 Å². The Kier molecular flexibility index (Phi) is 11.0. The van der Waals surface area contributed by atoms with Crippen molar-refractivity contribution in [2.45, 2.75) is 69.8 Å². The van der Waals surface area contributed by atoms with Crippen LogP contribution in [0.5, 0.6) is 0 Å². The van der Waals surface area contributed by atoms with E-state index < -0.39 is 42.1 Å². The van der Waals surface area contributed by atoms with Crippen LogP contribution in [0.25, 0.3) is 0 Å². The fourth-order valence-electron chi connectivity index (χ4n) is 2.23. The highest BCUT2D eigenvalue weighted by atomic mass is 32.2. The standard InChI is InChI=1S/C16H30O8S2/c1-4-24-16(19)14(3)26(22,23)12-10-8-6-5-7-9-11-25(20,21)13(2)15(17)18/h13-14H,4-12H2,1-3H3,(H,17,18). The molecule has 0 fully saturated rings. The second kappa shape index (κ2) is 11.5. The van der Waals surface area contributed by atoms with Crippen LogP contribution in [-0.2, 0) is 34.0 Å². The maximum atomic E-state index is 12.0. The van der Waals surface area contributed by atoms with Gasteiger partial charge in [-0.1, -0.05) is 25.7 Å². The molecule has 0 aliphatic rings. The number of hydrogen-bond donors (Lipinski definition) is 1. The fourth-order valence-corrected chi connectivity index (χ4v) is 4.82. The molecule has 26 heavy (non-hydrogen) atoms. The molecule has 0 amide bonds. The molecule has 0 aromatic carbocycles. The number of ether oxygens (including phenoxy) is 1. The molecule has 0 saturated heterocycles. The molecule has 0 aliphatic carbocycles. The van der Waals surface area contributed by atoms with Gasteiger partial charge in [0.25, 0.3) is 0 Å². The lowest BCUT2D eigenvalue weighted by Crippen LogP contribution is -2.31. The minimum Gasteiger partial charge on any atom is -0.480 e. The lowest BCUT2D eigenvalue weighted by atomic mass is 10.1. The third-order valence-corrected chi connectivity index (χ3v) is 8.42. The smallest absolute Gasteiger partial charge is 0.324 e. The topological polar surface area (TPSA) is 132 Å². The van der Waals surface area contributed by atoms with Gasteiger partial charge in [-0.3, -0.25) is 9.59 Å². The fraction of sp³-hybridized carbons (Fsp3) is 0.875. The van der Waals surface area contributed by atoms with Crippen molar-refractivity contribution in [2.24, 2.45) is 0 Å². The predicted molar refractivity (Wildman–Crippen MR) is 98.5 cm³/mol. The molecular formula is C16H30O8S2. The Morgan fingerprint density at radius 1 is 0.808 bits per heavy atom. The van der Waals surface area contributed by atoms with Gasteiger partial charge in [-0.2, -0.15) is 0 Å². The molecule has 0 saturated carbocycles. The number of rotatable bonds is 14. The van der Waals surface area contributed by atoms with Gasteiger partial charge in [-0.25, -0.2) is 16.8 Å². The van der Waals surface area contributed by atoms with Crippen molar-refractivity contribution in [3.05, 3.63) is 0 Å². The molecule has 2 unspecified atom stereocenters. The third kappa shape index (κ3) is 8.98. The van der Waals surface area contributed by atoms with Crippen LogP contribution in [0.3, 0.4) is 0 Å². The van der Waals surface area contributed by atoms with Gasteiger partial charge in [0.15, 0.2) is 30.2 Å². The zero-order chi connectivity index (χ0) is 20.4. The first kappa shape index (κ1) is 24.8. The SMILES string of the molecule is CCOC(=O)C(C)S(=O)(=O)CCCCCCCCS(=O)(=O)C(C)C(=O)O. The van der Waals surface area contributed by atoms with E-state index in [9.17, 15) is 26.4 Å². The quantitative estimate of drug-likeness (QED) is 0.335. The highest BCUT2D eigenvalue weighted by Crippen LogP contribution is 2.12. The summed E-state index contributed by atoms with van der Waals surface area (Å²) in [4.78, 5) is 22.2. The summed E-state index contributed by atoms with van der Waals surface area (Å²) in [6.07, 6.45) is 3.60. The van der Waals surface area contributed by atoms with E-state index in [1.807, 2.05) is 0 Å². The molecule has 0 spiro atoms. The molecule has 0 radical (unpaired) electrons. The zero-order valence-corrected chi connectivity index (χ0v) is 17.3. The summed E-state index contributed by atoms with van der Waals surface area (Å²) in [6.45, 7) is 4.24. The molecule has 8 nitrogen and oxygen atoms in total. The number of aliphatic carboxylic acids is 1. The first-order chi connectivity index (χ1) is 12.0. The second-order valence-electron chi connectivity index (χ2n) is 6.23. The van der Waals surface area contributed by atoms with Crippen LogP contribution >= 0.6 is 0 Å². The van der Waals surface area contributed by atoms with Gasteiger partial charge >= 0.3 is 11.9 Å². The van der Waals surface area contributed by atoms with Crippen LogP contribution in [-0.4, -0.2) is 62.5 Å². The Morgan fingerprint density at radius 3 is 1.58 bits per heavy atom. The van der Waals surface area contributed by atoms with Gasteiger partial charge < -0.3 is 9.84 Å². The van der Waals surface area contributed by atoms with Crippen LogP contribution < -0.4 is 0 Å². The number of sulfone groups is 2. The second-order valence-corrected chi connectivity index (χ2v) is 11.1. The average molecular weight is 415 g/mol. The van der Waals surface area contributed by atoms with Crippen molar-refractivity contribution >= 4 is 31.6 Å². The Balaban J connectivity index is 3.98. The number of unbranched alkanes of at least 4 members (excludes halogenated alkanes) is 5. The van der Waals surface area contributed by atoms with Crippen LogP contribution in [0.4, 0.5) is 0 Å². The molecule has 0 aromatic rings. The molecule has 1 N–H and O–H groups in total. The average Bonchev–Trinajstić information content (AvgIpc) is 2.55. The van der Waals surface area contributed by atoms with Gasteiger partial charge in [0.2, 0.25) is 0 Å². The zero-order valence-electron chi connectivity index (χ0n) is 15.6. The maximum Gasteiger partial charge on any atom is 0.324 e. The van der Waals surface area contributed by atoms with Crippen molar-refractivity contribution in [2.75, 3.05) is 18.1 Å². The number of carboxylic acids is 1. The lowest BCUT2D eigenvalue weighted by Gasteiger charge is -2.11. The van der Waals surface area contributed by atoms with E-state index in [4.69, 9.17) is 9.84 Å². The third-order valence-electron chi connectivity index (χ3n) is 4.15. The number of carbonyl (C=O) groups excluding carboxylic acids is 1. The Labute approximate surface area is 156 Å². The van der Waals surface area contributed by atoms with E-state index in [-0.39, 0.29) is 18.1 Å². The maximum absolute atomic E-state index is 12.0. The minimum absolute atomic E-state index is 0.0858. The predicted octanol–water partition coefficient (Wildman–Crippen LogP) is 1.58. The summed E-state index contributed by atoms with van der Waals surface area (Å²) in [5.41, 5.74) is 0. The Hall–Kier alpha value is -1.16. The Morgan fingerprint density at radius 2 is 1.19 bits per heavy atom. The summed E-state index contributed by atoms with van der Waals surface area (Å²) in [6, 6.07) is 0. The normalized spacial score (nSPS) is 14.6. The Bertz CT molecular complexity index is 652. The lowest BCUT2D eigenvalue weighted by molar-refractivity contribution is -0.142. The van der Waals surface area contributed by atoms with Gasteiger partial charge in [0.1, 0.15) is 0 Å². The molecule has 0 aliphatic heterocycles. The first-order valence-electron chi connectivity index (χ1n) is 8.78. The van der Waals surface area contributed by atoms with Gasteiger partial charge in [0.05, 0.1) is 18.1 Å². The summed E-state index contributed by atoms with van der Waals surface area (Å²) in [7, 11) is -7.15. The highest BCUT2D eigenvalue weighted by molar-refractivity contribution is 7.93. The van der Waals surface area contributed by atoms with Crippen molar-refractivity contribution < 1.29 is 36.3 Å². The molecule has 0 rings (SSSR count).